The maximum atomic E-state index is 11.4. The van der Waals surface area contributed by atoms with Gasteiger partial charge in [-0.1, -0.05) is 6.07 Å². The van der Waals surface area contributed by atoms with Gasteiger partial charge in [0.2, 0.25) is 0 Å². The summed E-state index contributed by atoms with van der Waals surface area (Å²) in [6.45, 7) is 1.94. The summed E-state index contributed by atoms with van der Waals surface area (Å²) in [5.74, 6) is -0.250. The molecule has 1 N–H and O–H groups in total. The molecule has 5 heteroatoms. The zero-order valence-electron chi connectivity index (χ0n) is 10.1. The molecule has 1 amide bonds. The number of benzene rings is 1. The van der Waals surface area contributed by atoms with Gasteiger partial charge >= 0.3 is 0 Å². The molecule has 90 valence electrons. The molecule has 0 aliphatic rings. The first-order valence-electron chi connectivity index (χ1n) is 5.44. The highest BCUT2D eigenvalue weighted by atomic mass is 16.1. The summed E-state index contributed by atoms with van der Waals surface area (Å²) in [6.07, 6.45) is 1.67. The predicted octanol–water partition coefficient (Wildman–Crippen LogP) is 1.41. The fourth-order valence-electron chi connectivity index (χ4n) is 1.63. The number of nitriles is 1. The second kappa shape index (κ2) is 4.72. The molecule has 0 bridgehead atoms. The molecule has 0 aliphatic carbocycles. The van der Waals surface area contributed by atoms with Gasteiger partial charge in [0.25, 0.3) is 5.91 Å². The van der Waals surface area contributed by atoms with E-state index in [9.17, 15) is 4.79 Å². The van der Waals surface area contributed by atoms with Crippen molar-refractivity contribution >= 4 is 5.91 Å². The van der Waals surface area contributed by atoms with Crippen molar-refractivity contribution in [2.45, 2.75) is 6.92 Å². The van der Waals surface area contributed by atoms with Crippen molar-refractivity contribution in [3.8, 4) is 11.8 Å². The van der Waals surface area contributed by atoms with Crippen molar-refractivity contribution in [2.75, 3.05) is 7.05 Å². The normalized spacial score (nSPS) is 9.83. The number of rotatable bonds is 2. The Bertz CT molecular complexity index is 637. The highest BCUT2D eigenvalue weighted by Crippen LogP contribution is 2.15. The fourth-order valence-corrected chi connectivity index (χ4v) is 1.63. The van der Waals surface area contributed by atoms with Crippen LogP contribution in [0.15, 0.2) is 30.5 Å². The van der Waals surface area contributed by atoms with Crippen molar-refractivity contribution in [3.05, 3.63) is 47.3 Å². The molecule has 1 aromatic carbocycles. The Morgan fingerprint density at radius 2 is 2.22 bits per heavy atom. The second-order valence-corrected chi connectivity index (χ2v) is 3.86. The van der Waals surface area contributed by atoms with Crippen LogP contribution in [0.3, 0.4) is 0 Å². The lowest BCUT2D eigenvalue weighted by Gasteiger charge is -2.05. The molecule has 1 aromatic heterocycles. The summed E-state index contributed by atoms with van der Waals surface area (Å²) < 4.78 is 1.54. The SMILES string of the molecule is CNC(=O)c1ccn(-c2cc(C)ccc2C#N)n1. The van der Waals surface area contributed by atoms with Gasteiger partial charge in [-0.15, -0.1) is 0 Å². The number of nitrogens with zero attached hydrogens (tertiary/aromatic N) is 3. The zero-order valence-corrected chi connectivity index (χ0v) is 10.1. The Labute approximate surface area is 105 Å². The van der Waals surface area contributed by atoms with E-state index in [1.165, 1.54) is 4.68 Å². The molecule has 18 heavy (non-hydrogen) atoms. The van der Waals surface area contributed by atoms with Gasteiger partial charge in [0.05, 0.1) is 11.3 Å². The fraction of sp³-hybridized carbons (Fsp3) is 0.154. The molecule has 0 unspecified atom stereocenters. The van der Waals surface area contributed by atoms with E-state index in [0.29, 0.717) is 16.9 Å². The van der Waals surface area contributed by atoms with Crippen molar-refractivity contribution < 1.29 is 4.79 Å². The Balaban J connectivity index is 2.49. The highest BCUT2D eigenvalue weighted by Gasteiger charge is 2.10. The zero-order chi connectivity index (χ0) is 13.1. The van der Waals surface area contributed by atoms with Crippen LogP contribution in [-0.4, -0.2) is 22.7 Å². The average Bonchev–Trinajstić information content (AvgIpc) is 2.87. The summed E-state index contributed by atoms with van der Waals surface area (Å²) >= 11 is 0. The van der Waals surface area contributed by atoms with Gasteiger partial charge in [-0.2, -0.15) is 10.4 Å². The third-order valence-electron chi connectivity index (χ3n) is 2.57. The topological polar surface area (TPSA) is 70.7 Å². The van der Waals surface area contributed by atoms with Crippen molar-refractivity contribution in [3.63, 3.8) is 0 Å². The van der Waals surface area contributed by atoms with Gasteiger partial charge in [-0.3, -0.25) is 4.79 Å². The number of carbonyl (C=O) groups is 1. The van der Waals surface area contributed by atoms with Gasteiger partial charge in [0.15, 0.2) is 5.69 Å². The quantitative estimate of drug-likeness (QED) is 0.862. The van der Waals surface area contributed by atoms with E-state index in [-0.39, 0.29) is 5.91 Å². The van der Waals surface area contributed by atoms with Gasteiger partial charge in [0.1, 0.15) is 6.07 Å². The van der Waals surface area contributed by atoms with Crippen LogP contribution >= 0.6 is 0 Å². The molecule has 0 saturated heterocycles. The maximum Gasteiger partial charge on any atom is 0.271 e. The molecule has 2 aromatic rings. The molecule has 5 nitrogen and oxygen atoms in total. The molecule has 1 heterocycles. The van der Waals surface area contributed by atoms with Crippen molar-refractivity contribution in [1.29, 1.82) is 5.26 Å². The molecule has 2 rings (SSSR count). The minimum Gasteiger partial charge on any atom is -0.354 e. The maximum absolute atomic E-state index is 11.4. The lowest BCUT2D eigenvalue weighted by Crippen LogP contribution is -2.18. The van der Waals surface area contributed by atoms with E-state index >= 15 is 0 Å². The first-order chi connectivity index (χ1) is 8.65. The number of aromatic nitrogens is 2. The number of hydrogen-bond acceptors (Lipinski definition) is 3. The smallest absolute Gasteiger partial charge is 0.271 e. The Morgan fingerprint density at radius 3 is 2.89 bits per heavy atom. The molecule has 0 radical (unpaired) electrons. The summed E-state index contributed by atoms with van der Waals surface area (Å²) in [5.41, 5.74) is 2.55. The van der Waals surface area contributed by atoms with Crippen LogP contribution < -0.4 is 5.32 Å². The molecular formula is C13H12N4O. The molecule has 0 atom stereocenters. The second-order valence-electron chi connectivity index (χ2n) is 3.86. The van der Waals surface area contributed by atoms with E-state index in [0.717, 1.165) is 5.56 Å². The van der Waals surface area contributed by atoms with Crippen LogP contribution in [-0.2, 0) is 0 Å². The Kier molecular flexibility index (Phi) is 3.11. The number of hydrogen-bond donors (Lipinski definition) is 1. The summed E-state index contributed by atoms with van der Waals surface area (Å²) in [7, 11) is 1.55. The highest BCUT2D eigenvalue weighted by molar-refractivity contribution is 5.91. The Morgan fingerprint density at radius 1 is 1.44 bits per heavy atom. The monoisotopic (exact) mass is 240 g/mol. The third-order valence-corrected chi connectivity index (χ3v) is 2.57. The molecule has 0 fully saturated rings. The number of amides is 1. The van der Waals surface area contributed by atoms with E-state index < -0.39 is 0 Å². The third kappa shape index (κ3) is 2.09. The minimum absolute atomic E-state index is 0.250. The Hall–Kier alpha value is -2.61. The van der Waals surface area contributed by atoms with Crippen LogP contribution in [0, 0.1) is 18.3 Å². The minimum atomic E-state index is -0.250. The standard InChI is InChI=1S/C13H12N4O/c1-9-3-4-10(8-14)12(7-9)17-6-5-11(16-17)13(18)15-2/h3-7H,1-2H3,(H,15,18). The van der Waals surface area contributed by atoms with Gasteiger partial charge in [-0.25, -0.2) is 4.68 Å². The average molecular weight is 240 g/mol. The van der Waals surface area contributed by atoms with Gasteiger partial charge in [-0.05, 0) is 30.7 Å². The van der Waals surface area contributed by atoms with Crippen LogP contribution in [0.1, 0.15) is 21.6 Å². The molecular weight excluding hydrogens is 228 g/mol. The van der Waals surface area contributed by atoms with E-state index in [1.54, 1.807) is 25.4 Å². The van der Waals surface area contributed by atoms with Crippen molar-refractivity contribution in [2.24, 2.45) is 0 Å². The van der Waals surface area contributed by atoms with E-state index in [1.807, 2.05) is 19.1 Å². The number of carbonyl (C=O) groups excluding carboxylic acids is 1. The van der Waals surface area contributed by atoms with Crippen LogP contribution in [0.4, 0.5) is 0 Å². The van der Waals surface area contributed by atoms with Crippen LogP contribution in [0.2, 0.25) is 0 Å². The number of nitrogens with one attached hydrogen (secondary N) is 1. The summed E-state index contributed by atoms with van der Waals surface area (Å²) in [4.78, 5) is 11.4. The lowest BCUT2D eigenvalue weighted by atomic mass is 10.1. The largest absolute Gasteiger partial charge is 0.354 e. The molecule has 0 saturated carbocycles. The van der Waals surface area contributed by atoms with Crippen LogP contribution in [0.25, 0.3) is 5.69 Å². The lowest BCUT2D eigenvalue weighted by molar-refractivity contribution is 0.0957. The van der Waals surface area contributed by atoms with E-state index in [4.69, 9.17) is 5.26 Å². The predicted molar refractivity (Wildman–Crippen MR) is 66.4 cm³/mol. The molecule has 0 aliphatic heterocycles. The van der Waals surface area contributed by atoms with Crippen molar-refractivity contribution in [1.82, 2.24) is 15.1 Å². The molecule has 0 spiro atoms. The van der Waals surface area contributed by atoms with E-state index in [2.05, 4.69) is 16.5 Å². The van der Waals surface area contributed by atoms with Gasteiger partial charge in [0, 0.05) is 13.2 Å². The first kappa shape index (κ1) is 11.9. The van der Waals surface area contributed by atoms with Crippen LogP contribution in [0.5, 0.6) is 0 Å². The first-order valence-corrected chi connectivity index (χ1v) is 5.44. The number of aryl methyl sites for hydroxylation is 1. The summed E-state index contributed by atoms with van der Waals surface area (Å²) in [5, 5.41) is 15.7. The summed E-state index contributed by atoms with van der Waals surface area (Å²) in [6, 6.07) is 9.19. The van der Waals surface area contributed by atoms with Gasteiger partial charge < -0.3 is 5.32 Å².